The second kappa shape index (κ2) is 13.6. The topological polar surface area (TPSA) is 134 Å². The number of rotatable bonds is 5. The number of aliphatic hydroxyl groups excluding tert-OH is 2. The molecule has 7 N–H and O–H groups in total. The van der Waals surface area contributed by atoms with Crippen LogP contribution in [0.3, 0.4) is 0 Å². The van der Waals surface area contributed by atoms with Crippen LogP contribution in [0, 0.1) is 35.5 Å². The van der Waals surface area contributed by atoms with Crippen molar-refractivity contribution in [3.05, 3.63) is 0 Å². The van der Waals surface area contributed by atoms with Crippen LogP contribution in [-0.2, 0) is 4.79 Å². The van der Waals surface area contributed by atoms with Crippen molar-refractivity contribution in [2.75, 3.05) is 19.7 Å². The van der Waals surface area contributed by atoms with E-state index in [1.54, 1.807) is 0 Å². The Morgan fingerprint density at radius 1 is 1.05 bits per heavy atom. The van der Waals surface area contributed by atoms with Gasteiger partial charge in [0, 0.05) is 49.2 Å². The Bertz CT molecular complexity index is 868. The molecule has 2 bridgehead atoms. The molecule has 2 saturated heterocycles. The largest absolute Gasteiger partial charge is 0.481 e. The fourth-order valence-corrected chi connectivity index (χ4v) is 7.73. The van der Waals surface area contributed by atoms with Crippen molar-refractivity contribution in [2.45, 2.75) is 133 Å². The lowest BCUT2D eigenvalue weighted by molar-refractivity contribution is -0.143. The van der Waals surface area contributed by atoms with E-state index in [1.165, 1.54) is 12.8 Å². The van der Waals surface area contributed by atoms with E-state index < -0.39 is 11.6 Å². The average Bonchev–Trinajstić information content (AvgIpc) is 2.90. The zero-order chi connectivity index (χ0) is 28.0. The van der Waals surface area contributed by atoms with Gasteiger partial charge < -0.3 is 36.4 Å². The zero-order valence-electron chi connectivity index (χ0n) is 24.1. The lowest BCUT2D eigenvalue weighted by Crippen LogP contribution is -2.57. The monoisotopic (exact) mass is 547 g/mol. The van der Waals surface area contributed by atoms with Gasteiger partial charge >= 0.3 is 5.97 Å². The molecule has 0 spiro atoms. The molecule has 0 radical (unpaired) electrons. The van der Waals surface area contributed by atoms with Crippen LogP contribution in [-0.4, -0.2) is 81.5 Å². The summed E-state index contributed by atoms with van der Waals surface area (Å²) in [5.41, 5.74) is -1.52. The quantitative estimate of drug-likeness (QED) is 0.261. The lowest BCUT2D eigenvalue weighted by Gasteiger charge is -2.42. The Labute approximate surface area is 235 Å². The van der Waals surface area contributed by atoms with Gasteiger partial charge in [-0.1, -0.05) is 5.92 Å². The van der Waals surface area contributed by atoms with Crippen molar-refractivity contribution in [2.24, 2.45) is 23.7 Å². The molecule has 8 atom stereocenters. The molecule has 0 aromatic carbocycles. The van der Waals surface area contributed by atoms with Gasteiger partial charge in [0.2, 0.25) is 0 Å². The number of hydrogen-bond donors (Lipinski definition) is 7. The first kappa shape index (κ1) is 30.7. The molecule has 3 fully saturated rings. The Balaban J connectivity index is 1.46. The molecule has 8 nitrogen and oxygen atoms in total. The third kappa shape index (κ3) is 8.64. The summed E-state index contributed by atoms with van der Waals surface area (Å²) in [6.07, 6.45) is 10.3. The van der Waals surface area contributed by atoms with Crippen LogP contribution in [0.5, 0.6) is 0 Å². The summed E-state index contributed by atoms with van der Waals surface area (Å²) in [5.74, 6) is 7.52. The molecule has 3 heterocycles. The number of carbonyl (C=O) groups is 1. The molecular weight excluding hydrogens is 494 g/mol. The molecule has 0 amide bonds. The Morgan fingerprint density at radius 2 is 1.79 bits per heavy atom. The fraction of sp³-hybridized carbons (Fsp3) is 0.903. The highest BCUT2D eigenvalue weighted by atomic mass is 16.4. The predicted molar refractivity (Wildman–Crippen MR) is 152 cm³/mol. The van der Waals surface area contributed by atoms with Crippen molar-refractivity contribution in [1.29, 1.82) is 0 Å². The highest BCUT2D eigenvalue weighted by molar-refractivity contribution is 5.68. The molecule has 8 heteroatoms. The Morgan fingerprint density at radius 3 is 2.49 bits per heavy atom. The number of β-amino-alcohol motifs (C(OH)–C–C–N with tert-alkyl or cyclic N) is 1. The van der Waals surface area contributed by atoms with Crippen LogP contribution in [0.25, 0.3) is 0 Å². The van der Waals surface area contributed by atoms with Crippen molar-refractivity contribution in [3.8, 4) is 11.8 Å². The second-order valence-corrected chi connectivity index (χ2v) is 13.7. The minimum atomic E-state index is -1.34. The van der Waals surface area contributed by atoms with Gasteiger partial charge in [-0.05, 0) is 109 Å². The normalized spacial score (nSPS) is 44.4. The summed E-state index contributed by atoms with van der Waals surface area (Å²) in [4.78, 5) is 11.6. The molecule has 39 heavy (non-hydrogen) atoms. The number of hydrogen-bond acceptors (Lipinski definition) is 7. The Kier molecular flexibility index (Phi) is 10.7. The molecule has 222 valence electrons. The molecule has 4 rings (SSSR count). The van der Waals surface area contributed by atoms with Crippen LogP contribution in [0.15, 0.2) is 0 Å². The van der Waals surface area contributed by atoms with E-state index in [2.05, 4.69) is 41.6 Å². The molecule has 1 saturated carbocycles. The van der Waals surface area contributed by atoms with Gasteiger partial charge in [0.1, 0.15) is 0 Å². The molecule has 0 aromatic heterocycles. The minimum absolute atomic E-state index is 0.0131. The van der Waals surface area contributed by atoms with Gasteiger partial charge in [0.15, 0.2) is 0 Å². The van der Waals surface area contributed by atoms with Crippen molar-refractivity contribution in [3.63, 3.8) is 0 Å². The number of carboxylic acid groups (broad SMARTS) is 1. The van der Waals surface area contributed by atoms with E-state index in [0.29, 0.717) is 30.7 Å². The average molecular weight is 548 g/mol. The third-order valence-electron chi connectivity index (χ3n) is 10.4. The summed E-state index contributed by atoms with van der Waals surface area (Å²) >= 11 is 0. The number of aliphatic carboxylic acids is 1. The standard InChI is InChI=1S/C31H53N3O5/c1-21-28(36)11-10-27(34-21)24-8-6-23(7-9-24)25-4-3-5-26-17-30(2,14-15-32-26)33-20-31(39,18-29(37)38)13-12-22(16-25)19-35/h21-28,32-36,39H,5-20H2,1-2H3,(H,37,38). The number of nitrogens with one attached hydrogen (secondary N) is 3. The van der Waals surface area contributed by atoms with Crippen LogP contribution < -0.4 is 16.0 Å². The smallest absolute Gasteiger partial charge is 0.306 e. The first-order valence-corrected chi connectivity index (χ1v) is 15.5. The first-order chi connectivity index (χ1) is 18.6. The predicted octanol–water partition coefficient (Wildman–Crippen LogP) is 2.40. The van der Waals surface area contributed by atoms with Gasteiger partial charge in [-0.25, -0.2) is 0 Å². The van der Waals surface area contributed by atoms with Gasteiger partial charge in [-0.3, -0.25) is 4.79 Å². The maximum atomic E-state index is 11.6. The van der Waals surface area contributed by atoms with Gasteiger partial charge in [0.05, 0.1) is 18.1 Å². The van der Waals surface area contributed by atoms with Crippen LogP contribution in [0.2, 0.25) is 0 Å². The molecule has 3 aliphatic heterocycles. The van der Waals surface area contributed by atoms with Gasteiger partial charge in [-0.2, -0.15) is 0 Å². The van der Waals surface area contributed by atoms with E-state index in [0.717, 1.165) is 57.9 Å². The summed E-state index contributed by atoms with van der Waals surface area (Å²) in [6, 6.07) is 0.901. The molecule has 1 aliphatic carbocycles. The molecule has 4 aliphatic rings. The summed E-state index contributed by atoms with van der Waals surface area (Å²) < 4.78 is 0. The van der Waals surface area contributed by atoms with Crippen molar-refractivity contribution in [1.82, 2.24) is 16.0 Å². The van der Waals surface area contributed by atoms with E-state index in [9.17, 15) is 25.2 Å². The summed E-state index contributed by atoms with van der Waals surface area (Å²) in [6.45, 7) is 5.39. The van der Waals surface area contributed by atoms with E-state index in [-0.39, 0.29) is 55.1 Å². The van der Waals surface area contributed by atoms with Crippen molar-refractivity contribution < 1.29 is 25.2 Å². The van der Waals surface area contributed by atoms with Gasteiger partial charge in [0.25, 0.3) is 0 Å². The molecule has 0 aromatic rings. The van der Waals surface area contributed by atoms with E-state index in [4.69, 9.17) is 0 Å². The van der Waals surface area contributed by atoms with E-state index >= 15 is 0 Å². The zero-order valence-corrected chi connectivity index (χ0v) is 24.1. The van der Waals surface area contributed by atoms with Crippen molar-refractivity contribution >= 4 is 5.97 Å². The fourth-order valence-electron chi connectivity index (χ4n) is 7.73. The maximum absolute atomic E-state index is 11.6. The molecule has 8 unspecified atom stereocenters. The van der Waals surface area contributed by atoms with Crippen LogP contribution >= 0.6 is 0 Å². The summed E-state index contributed by atoms with van der Waals surface area (Å²) in [5, 5.41) is 52.1. The number of carboxylic acids is 1. The maximum Gasteiger partial charge on any atom is 0.306 e. The third-order valence-corrected chi connectivity index (χ3v) is 10.4. The van der Waals surface area contributed by atoms with Crippen LogP contribution in [0.4, 0.5) is 0 Å². The number of aliphatic hydroxyl groups is 3. The SMILES string of the molecule is CC1NC(C2CCC(C3C#CCC4CC(C)(CCN4)NCC(O)(CC(=O)O)CCC(CO)C3)CC2)CCC1O. The van der Waals surface area contributed by atoms with Crippen LogP contribution in [0.1, 0.15) is 97.3 Å². The lowest BCUT2D eigenvalue weighted by atomic mass is 9.70. The number of piperidine rings is 2. The first-order valence-electron chi connectivity index (χ1n) is 15.5. The Hall–Kier alpha value is -1.21. The van der Waals surface area contributed by atoms with Gasteiger partial charge in [-0.15, -0.1) is 5.92 Å². The minimum Gasteiger partial charge on any atom is -0.481 e. The molecular formula is C31H53N3O5. The number of fused-ring (bicyclic) bond motifs is 2. The second-order valence-electron chi connectivity index (χ2n) is 13.7. The summed E-state index contributed by atoms with van der Waals surface area (Å²) in [7, 11) is 0. The highest BCUT2D eigenvalue weighted by Gasteiger charge is 2.38. The highest BCUT2D eigenvalue weighted by Crippen LogP contribution is 2.40. The van der Waals surface area contributed by atoms with E-state index in [1.807, 2.05) is 0 Å².